The highest BCUT2D eigenvalue weighted by molar-refractivity contribution is 5.94. The van der Waals surface area contributed by atoms with Gasteiger partial charge in [0.2, 0.25) is 11.8 Å². The van der Waals surface area contributed by atoms with Crippen LogP contribution in [0.25, 0.3) is 0 Å². The molecule has 5 nitrogen and oxygen atoms in total. The molecule has 1 saturated heterocycles. The molecule has 0 aliphatic carbocycles. The first kappa shape index (κ1) is 12.7. The second-order valence-corrected chi connectivity index (χ2v) is 4.23. The molecule has 1 fully saturated rings. The van der Waals surface area contributed by atoms with Crippen molar-refractivity contribution in [3.8, 4) is 0 Å². The van der Waals surface area contributed by atoms with Crippen LogP contribution in [0, 0.1) is 0 Å². The lowest BCUT2D eigenvalue weighted by atomic mass is 10.3. The largest absolute Gasteiger partial charge is 0.322 e. The van der Waals surface area contributed by atoms with E-state index < -0.39 is 0 Å². The Bertz CT molecular complexity index is 302. The van der Waals surface area contributed by atoms with Crippen molar-refractivity contribution >= 4 is 11.8 Å². The van der Waals surface area contributed by atoms with Gasteiger partial charge in [-0.15, -0.1) is 0 Å². The van der Waals surface area contributed by atoms with Gasteiger partial charge in [-0.3, -0.25) is 9.59 Å². The topological polar surface area (TPSA) is 43.9 Å². The lowest BCUT2D eigenvalue weighted by Gasteiger charge is -2.19. The summed E-state index contributed by atoms with van der Waals surface area (Å²) in [6, 6.07) is -0.368. The van der Waals surface area contributed by atoms with Crippen molar-refractivity contribution in [2.75, 3.05) is 33.9 Å². The van der Waals surface area contributed by atoms with E-state index in [1.807, 2.05) is 19.0 Å². The summed E-state index contributed by atoms with van der Waals surface area (Å²) in [4.78, 5) is 28.5. The first-order chi connectivity index (χ1) is 7.47. The van der Waals surface area contributed by atoms with Crippen molar-refractivity contribution in [2.45, 2.75) is 13.0 Å². The molecule has 16 heavy (non-hydrogen) atoms. The molecule has 1 atom stereocenters. The number of amides is 2. The molecule has 0 aromatic carbocycles. The van der Waals surface area contributed by atoms with Gasteiger partial charge in [-0.05, 0) is 27.1 Å². The van der Waals surface area contributed by atoms with Crippen LogP contribution in [-0.4, -0.2) is 66.4 Å². The fourth-order valence-electron chi connectivity index (χ4n) is 1.65. The molecule has 1 heterocycles. The minimum absolute atomic E-state index is 0.0112. The van der Waals surface area contributed by atoms with Crippen molar-refractivity contribution in [1.82, 2.24) is 14.7 Å². The highest BCUT2D eigenvalue weighted by Crippen LogP contribution is 2.14. The van der Waals surface area contributed by atoms with Gasteiger partial charge in [0.05, 0.1) is 6.67 Å². The molecule has 0 bridgehead atoms. The van der Waals surface area contributed by atoms with Gasteiger partial charge in [0, 0.05) is 13.1 Å². The molecule has 0 saturated carbocycles. The Balaban J connectivity index is 2.61. The van der Waals surface area contributed by atoms with Crippen LogP contribution < -0.4 is 0 Å². The number of likely N-dealkylation sites (N-methyl/N-ethyl adjacent to an activating group) is 1. The van der Waals surface area contributed by atoms with Crippen LogP contribution in [-0.2, 0) is 9.59 Å². The van der Waals surface area contributed by atoms with Crippen molar-refractivity contribution in [2.24, 2.45) is 0 Å². The highest BCUT2D eigenvalue weighted by Gasteiger charge is 2.36. The number of hydrogen-bond acceptors (Lipinski definition) is 3. The Morgan fingerprint density at radius 3 is 2.75 bits per heavy atom. The Morgan fingerprint density at radius 2 is 2.25 bits per heavy atom. The SMILES string of the molecule is C=CC(=O)N1CN(CCN(C)C)C(=O)C1C. The zero-order chi connectivity index (χ0) is 12.3. The molecule has 1 aliphatic heterocycles. The van der Waals surface area contributed by atoms with Crippen molar-refractivity contribution in [1.29, 1.82) is 0 Å². The minimum Gasteiger partial charge on any atom is -0.322 e. The highest BCUT2D eigenvalue weighted by atomic mass is 16.2. The molecule has 1 aliphatic rings. The number of hydrogen-bond donors (Lipinski definition) is 0. The Hall–Kier alpha value is -1.36. The van der Waals surface area contributed by atoms with E-state index in [1.54, 1.807) is 11.8 Å². The first-order valence-corrected chi connectivity index (χ1v) is 5.34. The summed E-state index contributed by atoms with van der Waals surface area (Å²) in [5, 5.41) is 0. The van der Waals surface area contributed by atoms with Crippen LogP contribution in [0.3, 0.4) is 0 Å². The molecule has 5 heteroatoms. The lowest BCUT2D eigenvalue weighted by molar-refractivity contribution is -0.131. The summed E-state index contributed by atoms with van der Waals surface area (Å²) in [7, 11) is 3.91. The zero-order valence-corrected chi connectivity index (χ0v) is 10.1. The maximum absolute atomic E-state index is 11.8. The smallest absolute Gasteiger partial charge is 0.248 e. The average Bonchev–Trinajstić information content (AvgIpc) is 2.52. The van der Waals surface area contributed by atoms with E-state index in [-0.39, 0.29) is 17.9 Å². The van der Waals surface area contributed by atoms with E-state index in [1.165, 1.54) is 11.0 Å². The first-order valence-electron chi connectivity index (χ1n) is 5.34. The third kappa shape index (κ3) is 2.61. The molecule has 1 rings (SSSR count). The molecule has 0 aromatic rings. The second kappa shape index (κ2) is 5.12. The maximum Gasteiger partial charge on any atom is 0.248 e. The summed E-state index contributed by atoms with van der Waals surface area (Å²) in [6.07, 6.45) is 1.25. The van der Waals surface area contributed by atoms with Gasteiger partial charge < -0.3 is 14.7 Å². The number of rotatable bonds is 4. The third-order valence-corrected chi connectivity index (χ3v) is 2.73. The summed E-state index contributed by atoms with van der Waals surface area (Å²) in [5.74, 6) is -0.176. The van der Waals surface area contributed by atoms with Crippen molar-refractivity contribution in [3.05, 3.63) is 12.7 Å². The lowest BCUT2D eigenvalue weighted by Crippen LogP contribution is -2.34. The molecule has 0 radical (unpaired) electrons. The Labute approximate surface area is 96.3 Å². The third-order valence-electron chi connectivity index (χ3n) is 2.73. The fraction of sp³-hybridized carbons (Fsp3) is 0.636. The summed E-state index contributed by atoms with van der Waals surface area (Å²) in [5.41, 5.74) is 0. The van der Waals surface area contributed by atoms with Crippen LogP contribution in [0.1, 0.15) is 6.92 Å². The minimum atomic E-state index is -0.368. The predicted octanol–water partition coefficient (Wildman–Crippen LogP) is -0.249. The van der Waals surface area contributed by atoms with Crippen LogP contribution in [0.15, 0.2) is 12.7 Å². The normalized spacial score (nSPS) is 20.8. The standard InChI is InChI=1S/C11H19N3O2/c1-5-10(15)14-8-13(7-6-12(3)4)11(16)9(14)2/h5,9H,1,6-8H2,2-4H3. The Kier molecular flexibility index (Phi) is 4.06. The van der Waals surface area contributed by atoms with Gasteiger partial charge in [0.1, 0.15) is 6.04 Å². The van der Waals surface area contributed by atoms with Gasteiger partial charge >= 0.3 is 0 Å². The van der Waals surface area contributed by atoms with E-state index in [4.69, 9.17) is 0 Å². The molecular formula is C11H19N3O2. The Morgan fingerprint density at radius 1 is 1.62 bits per heavy atom. The maximum atomic E-state index is 11.8. The number of carbonyl (C=O) groups is 2. The van der Waals surface area contributed by atoms with Gasteiger partial charge in [-0.2, -0.15) is 0 Å². The fourth-order valence-corrected chi connectivity index (χ4v) is 1.65. The van der Waals surface area contributed by atoms with Gasteiger partial charge in [-0.25, -0.2) is 0 Å². The summed E-state index contributed by atoms with van der Waals surface area (Å²) < 4.78 is 0. The van der Waals surface area contributed by atoms with Gasteiger partial charge in [0.25, 0.3) is 0 Å². The van der Waals surface area contributed by atoms with Crippen LogP contribution in [0.5, 0.6) is 0 Å². The van der Waals surface area contributed by atoms with Crippen LogP contribution >= 0.6 is 0 Å². The predicted molar refractivity (Wildman–Crippen MR) is 61.6 cm³/mol. The van der Waals surface area contributed by atoms with E-state index in [2.05, 4.69) is 6.58 Å². The van der Waals surface area contributed by atoms with Crippen LogP contribution in [0.2, 0.25) is 0 Å². The van der Waals surface area contributed by atoms with Crippen LogP contribution in [0.4, 0.5) is 0 Å². The van der Waals surface area contributed by atoms with Crippen molar-refractivity contribution in [3.63, 3.8) is 0 Å². The molecule has 0 aromatic heterocycles. The average molecular weight is 225 g/mol. The number of nitrogens with zero attached hydrogens (tertiary/aromatic N) is 3. The molecule has 0 spiro atoms. The molecule has 1 unspecified atom stereocenters. The molecule has 0 N–H and O–H groups in total. The summed E-state index contributed by atoms with van der Waals surface area (Å²) in [6.45, 7) is 7.01. The van der Waals surface area contributed by atoms with E-state index >= 15 is 0 Å². The van der Waals surface area contributed by atoms with Crippen molar-refractivity contribution < 1.29 is 9.59 Å². The van der Waals surface area contributed by atoms with E-state index in [0.29, 0.717) is 13.2 Å². The second-order valence-electron chi connectivity index (χ2n) is 4.23. The molecule has 2 amide bonds. The number of carbonyl (C=O) groups excluding carboxylic acids is 2. The zero-order valence-electron chi connectivity index (χ0n) is 10.1. The summed E-state index contributed by atoms with van der Waals surface area (Å²) >= 11 is 0. The van der Waals surface area contributed by atoms with Gasteiger partial charge in [-0.1, -0.05) is 6.58 Å². The molecular weight excluding hydrogens is 206 g/mol. The molecule has 90 valence electrons. The van der Waals surface area contributed by atoms with E-state index in [9.17, 15) is 9.59 Å². The monoisotopic (exact) mass is 225 g/mol. The van der Waals surface area contributed by atoms with E-state index in [0.717, 1.165) is 6.54 Å². The quantitative estimate of drug-likeness (QED) is 0.620. The van der Waals surface area contributed by atoms with Gasteiger partial charge in [0.15, 0.2) is 0 Å².